The number of aryl methyl sites for hydroxylation is 2. The fourth-order valence-corrected chi connectivity index (χ4v) is 2.86. The molecule has 2 aromatic rings. The van der Waals surface area contributed by atoms with Gasteiger partial charge in [-0.2, -0.15) is 0 Å². The first-order chi connectivity index (χ1) is 12.4. The Bertz CT molecular complexity index is 691. The van der Waals surface area contributed by atoms with Crippen LogP contribution >= 0.6 is 0 Å². The molecule has 0 fully saturated rings. The summed E-state index contributed by atoms with van der Waals surface area (Å²) in [6, 6.07) is 7.56. The van der Waals surface area contributed by atoms with Crippen molar-refractivity contribution in [2.24, 2.45) is 5.73 Å². The maximum atomic E-state index is 12.3. The third kappa shape index (κ3) is 4.85. The van der Waals surface area contributed by atoms with Crippen molar-refractivity contribution in [3.63, 3.8) is 0 Å². The Morgan fingerprint density at radius 1 is 1.23 bits per heavy atom. The molecule has 2 rings (SSSR count). The Hall–Kier alpha value is -2.34. The van der Waals surface area contributed by atoms with Crippen LogP contribution in [0.3, 0.4) is 0 Å². The first-order valence-electron chi connectivity index (χ1n) is 9.07. The third-order valence-electron chi connectivity index (χ3n) is 5.00. The standard InChI is InChI=1S/C20H29N3O3/c1-5-20(6-2,13-21)22-19(24)11-16-7-9-17(10-8-16)25-12-18-14(3)23-26-15(18)4/h7-10H,5-6,11-13,21H2,1-4H3,(H,22,24). The normalized spacial score (nSPS) is 11.4. The van der Waals surface area contributed by atoms with E-state index in [0.29, 0.717) is 19.6 Å². The van der Waals surface area contributed by atoms with Crippen LogP contribution in [0.15, 0.2) is 28.8 Å². The van der Waals surface area contributed by atoms with Gasteiger partial charge in [0, 0.05) is 6.54 Å². The van der Waals surface area contributed by atoms with E-state index < -0.39 is 0 Å². The lowest BCUT2D eigenvalue weighted by Gasteiger charge is -2.31. The highest BCUT2D eigenvalue weighted by atomic mass is 16.5. The molecular formula is C20H29N3O3. The van der Waals surface area contributed by atoms with Gasteiger partial charge in [-0.1, -0.05) is 31.1 Å². The molecular weight excluding hydrogens is 330 g/mol. The number of carbonyl (C=O) groups excluding carboxylic acids is 1. The van der Waals surface area contributed by atoms with Crippen LogP contribution in [0.4, 0.5) is 0 Å². The summed E-state index contributed by atoms with van der Waals surface area (Å²) >= 11 is 0. The van der Waals surface area contributed by atoms with E-state index in [1.165, 1.54) is 0 Å². The number of hydrogen-bond acceptors (Lipinski definition) is 5. The lowest BCUT2D eigenvalue weighted by Crippen LogP contribution is -2.53. The number of aromatic nitrogens is 1. The van der Waals surface area contributed by atoms with E-state index in [1.807, 2.05) is 52.0 Å². The quantitative estimate of drug-likeness (QED) is 0.718. The van der Waals surface area contributed by atoms with Gasteiger partial charge in [0.05, 0.1) is 23.2 Å². The van der Waals surface area contributed by atoms with Crippen molar-refractivity contribution >= 4 is 5.91 Å². The maximum Gasteiger partial charge on any atom is 0.224 e. The number of carbonyl (C=O) groups is 1. The number of amides is 1. The van der Waals surface area contributed by atoms with E-state index in [-0.39, 0.29) is 11.4 Å². The van der Waals surface area contributed by atoms with Gasteiger partial charge in [-0.05, 0) is 44.4 Å². The van der Waals surface area contributed by atoms with E-state index >= 15 is 0 Å². The molecule has 0 spiro atoms. The van der Waals surface area contributed by atoms with Crippen LogP contribution in [-0.2, 0) is 17.8 Å². The molecule has 1 heterocycles. The second kappa shape index (κ2) is 8.85. The number of hydrogen-bond donors (Lipinski definition) is 2. The molecule has 26 heavy (non-hydrogen) atoms. The van der Waals surface area contributed by atoms with E-state index in [4.69, 9.17) is 15.0 Å². The summed E-state index contributed by atoms with van der Waals surface area (Å²) < 4.78 is 10.9. The number of benzene rings is 1. The molecule has 0 saturated heterocycles. The minimum atomic E-state index is -0.311. The number of nitrogens with one attached hydrogen (secondary N) is 1. The summed E-state index contributed by atoms with van der Waals surface area (Å²) in [6.07, 6.45) is 1.96. The summed E-state index contributed by atoms with van der Waals surface area (Å²) in [5, 5.41) is 7.00. The van der Waals surface area contributed by atoms with Crippen molar-refractivity contribution in [1.82, 2.24) is 10.5 Å². The van der Waals surface area contributed by atoms with Gasteiger partial charge in [0.25, 0.3) is 0 Å². The molecule has 3 N–H and O–H groups in total. The lowest BCUT2D eigenvalue weighted by molar-refractivity contribution is -0.122. The van der Waals surface area contributed by atoms with Crippen LogP contribution in [0.5, 0.6) is 5.75 Å². The predicted molar refractivity (Wildman–Crippen MR) is 101 cm³/mol. The van der Waals surface area contributed by atoms with Gasteiger partial charge in [-0.25, -0.2) is 0 Å². The second-order valence-corrected chi connectivity index (χ2v) is 6.65. The molecule has 1 aromatic heterocycles. The van der Waals surface area contributed by atoms with Crippen LogP contribution in [0.2, 0.25) is 0 Å². The van der Waals surface area contributed by atoms with E-state index in [1.54, 1.807) is 0 Å². The summed E-state index contributed by atoms with van der Waals surface area (Å²) in [7, 11) is 0. The molecule has 0 unspecified atom stereocenters. The smallest absolute Gasteiger partial charge is 0.224 e. The molecule has 0 radical (unpaired) electrons. The van der Waals surface area contributed by atoms with Crippen molar-refractivity contribution in [3.8, 4) is 5.75 Å². The Kier molecular flexibility index (Phi) is 6.80. The zero-order chi connectivity index (χ0) is 19.2. The van der Waals surface area contributed by atoms with Crippen LogP contribution in [-0.4, -0.2) is 23.1 Å². The molecule has 1 amide bonds. The van der Waals surface area contributed by atoms with Gasteiger partial charge in [-0.3, -0.25) is 4.79 Å². The highest BCUT2D eigenvalue weighted by Crippen LogP contribution is 2.19. The first kappa shape index (κ1) is 20.0. The van der Waals surface area contributed by atoms with Crippen molar-refractivity contribution < 1.29 is 14.1 Å². The average Bonchev–Trinajstić information content (AvgIpc) is 2.97. The maximum absolute atomic E-state index is 12.3. The molecule has 1 aromatic carbocycles. The molecule has 0 aliphatic carbocycles. The predicted octanol–water partition coefficient (Wildman–Crippen LogP) is 3.05. The van der Waals surface area contributed by atoms with Crippen molar-refractivity contribution in [2.45, 2.75) is 59.1 Å². The van der Waals surface area contributed by atoms with Gasteiger partial charge >= 0.3 is 0 Å². The number of rotatable bonds is 9. The molecule has 0 atom stereocenters. The molecule has 0 saturated carbocycles. The largest absolute Gasteiger partial charge is 0.489 e. The summed E-state index contributed by atoms with van der Waals surface area (Å²) in [4.78, 5) is 12.3. The Balaban J connectivity index is 1.92. The van der Waals surface area contributed by atoms with Gasteiger partial charge < -0.3 is 20.3 Å². The van der Waals surface area contributed by atoms with Crippen LogP contribution in [0.25, 0.3) is 0 Å². The van der Waals surface area contributed by atoms with Crippen molar-refractivity contribution in [2.75, 3.05) is 6.54 Å². The van der Waals surface area contributed by atoms with E-state index in [9.17, 15) is 4.79 Å². The number of ether oxygens (including phenoxy) is 1. The van der Waals surface area contributed by atoms with E-state index in [0.717, 1.165) is 41.2 Å². The monoisotopic (exact) mass is 359 g/mol. The van der Waals surface area contributed by atoms with Gasteiger partial charge in [-0.15, -0.1) is 0 Å². The van der Waals surface area contributed by atoms with Crippen molar-refractivity contribution in [3.05, 3.63) is 46.8 Å². The Morgan fingerprint density at radius 2 is 1.88 bits per heavy atom. The van der Waals surface area contributed by atoms with Gasteiger partial charge in [0.15, 0.2) is 0 Å². The fraction of sp³-hybridized carbons (Fsp3) is 0.500. The van der Waals surface area contributed by atoms with Crippen LogP contribution in [0, 0.1) is 13.8 Å². The number of nitrogens with zero attached hydrogens (tertiary/aromatic N) is 1. The van der Waals surface area contributed by atoms with Gasteiger partial charge in [0.1, 0.15) is 18.1 Å². The zero-order valence-corrected chi connectivity index (χ0v) is 16.1. The number of nitrogens with two attached hydrogens (primary N) is 1. The topological polar surface area (TPSA) is 90.4 Å². The van der Waals surface area contributed by atoms with E-state index in [2.05, 4.69) is 10.5 Å². The minimum Gasteiger partial charge on any atom is -0.489 e. The highest BCUT2D eigenvalue weighted by Gasteiger charge is 2.26. The molecule has 0 aliphatic heterocycles. The Labute approximate surface area is 155 Å². The zero-order valence-electron chi connectivity index (χ0n) is 16.1. The van der Waals surface area contributed by atoms with Crippen LogP contribution < -0.4 is 15.8 Å². The summed E-state index contributed by atoms with van der Waals surface area (Å²) in [5.74, 6) is 1.50. The molecule has 0 bridgehead atoms. The second-order valence-electron chi connectivity index (χ2n) is 6.65. The summed E-state index contributed by atoms with van der Waals surface area (Å²) in [6.45, 7) is 8.70. The van der Waals surface area contributed by atoms with Crippen molar-refractivity contribution in [1.29, 1.82) is 0 Å². The fourth-order valence-electron chi connectivity index (χ4n) is 2.86. The molecule has 6 nitrogen and oxygen atoms in total. The minimum absolute atomic E-state index is 0.0106. The first-order valence-corrected chi connectivity index (χ1v) is 9.07. The lowest BCUT2D eigenvalue weighted by atomic mass is 9.92. The average molecular weight is 359 g/mol. The SMILES string of the molecule is CCC(CC)(CN)NC(=O)Cc1ccc(OCc2c(C)noc2C)cc1. The molecule has 142 valence electrons. The van der Waals surface area contributed by atoms with Crippen LogP contribution in [0.1, 0.15) is 49.3 Å². The highest BCUT2D eigenvalue weighted by molar-refractivity contribution is 5.79. The molecule has 0 aliphatic rings. The third-order valence-corrected chi connectivity index (χ3v) is 5.00. The summed E-state index contributed by atoms with van der Waals surface area (Å²) in [5.41, 5.74) is 8.27. The van der Waals surface area contributed by atoms with Gasteiger partial charge in [0.2, 0.25) is 5.91 Å². The Morgan fingerprint density at radius 3 is 2.38 bits per heavy atom. The molecule has 6 heteroatoms.